The molecule has 0 aliphatic carbocycles. The fourth-order valence-corrected chi connectivity index (χ4v) is 7.83. The van der Waals surface area contributed by atoms with Gasteiger partial charge in [0.05, 0.1) is 30.0 Å². The average molecular weight is 711 g/mol. The third-order valence-corrected chi connectivity index (χ3v) is 10.2. The van der Waals surface area contributed by atoms with E-state index in [1.54, 1.807) is 0 Å². The number of β-amino-alcohol motifs (C(OH)–C–C–N with tert-alkyl or cyclic N) is 1. The van der Waals surface area contributed by atoms with Crippen LogP contribution in [0.3, 0.4) is 0 Å². The molecule has 0 spiro atoms. The van der Waals surface area contributed by atoms with Crippen LogP contribution in [0.5, 0.6) is 0 Å². The van der Waals surface area contributed by atoms with Crippen LogP contribution in [0.2, 0.25) is 0 Å². The summed E-state index contributed by atoms with van der Waals surface area (Å²) in [5, 5.41) is 25.5. The molecule has 0 saturated carbocycles. The molecule has 6 atom stereocenters. The summed E-state index contributed by atoms with van der Waals surface area (Å²) < 4.78 is 5.16. The SMILES string of the molecule is CCO[C@H]1C[C@@H](C(=O)NC(C)(C)C)N(C[C@H](O)CNC(=O)[C@@H]2N[C@@H]([C@H](NC(=O)Cc3ccccc3)C(=O)NCc3ccccc3)SC2(C)C)C1. The molecule has 0 radical (unpaired) electrons. The monoisotopic (exact) mass is 710 g/mol. The fraction of sp³-hybridized carbons (Fsp3) is 0.568. The Bertz CT molecular complexity index is 1440. The van der Waals surface area contributed by atoms with Crippen LogP contribution in [-0.2, 0) is 36.9 Å². The van der Waals surface area contributed by atoms with Crippen molar-refractivity contribution < 1.29 is 29.0 Å². The second kappa shape index (κ2) is 17.6. The van der Waals surface area contributed by atoms with Gasteiger partial charge in [-0.3, -0.25) is 29.4 Å². The highest BCUT2D eigenvalue weighted by atomic mass is 32.2. The maximum atomic E-state index is 13.6. The number of likely N-dealkylation sites (tertiary alicyclic amines) is 1. The molecular formula is C37H54N6O6S. The van der Waals surface area contributed by atoms with Crippen LogP contribution in [0.1, 0.15) is 59.1 Å². The van der Waals surface area contributed by atoms with Crippen LogP contribution in [-0.4, -0.2) is 106 Å². The Morgan fingerprint density at radius 2 is 1.64 bits per heavy atom. The van der Waals surface area contributed by atoms with Crippen molar-refractivity contribution in [3.05, 3.63) is 71.8 Å². The van der Waals surface area contributed by atoms with Gasteiger partial charge in [-0.25, -0.2) is 0 Å². The number of thioether (sulfide) groups is 1. The highest BCUT2D eigenvalue weighted by Crippen LogP contribution is 2.39. The third-order valence-electron chi connectivity index (χ3n) is 8.66. The van der Waals surface area contributed by atoms with E-state index in [-0.39, 0.29) is 55.8 Å². The molecule has 4 rings (SSSR count). The number of hydrogen-bond donors (Lipinski definition) is 6. The lowest BCUT2D eigenvalue weighted by molar-refractivity contribution is -0.129. The molecule has 2 fully saturated rings. The van der Waals surface area contributed by atoms with Crippen molar-refractivity contribution in [2.24, 2.45) is 0 Å². The first-order valence-corrected chi connectivity index (χ1v) is 18.3. The van der Waals surface area contributed by atoms with Gasteiger partial charge in [-0.1, -0.05) is 60.7 Å². The summed E-state index contributed by atoms with van der Waals surface area (Å²) >= 11 is 1.41. The molecular weight excluding hydrogens is 657 g/mol. The molecule has 12 nitrogen and oxygen atoms in total. The fourth-order valence-electron chi connectivity index (χ4n) is 6.33. The maximum Gasteiger partial charge on any atom is 0.245 e. The number of carbonyl (C=O) groups excluding carboxylic acids is 4. The number of benzene rings is 2. The lowest BCUT2D eigenvalue weighted by Crippen LogP contribution is -2.58. The zero-order valence-corrected chi connectivity index (χ0v) is 30.8. The number of aliphatic hydroxyl groups is 1. The van der Waals surface area contributed by atoms with Crippen LogP contribution in [0.15, 0.2) is 60.7 Å². The molecule has 2 aliphatic rings. The first kappa shape index (κ1) is 39.3. The van der Waals surface area contributed by atoms with Gasteiger partial charge in [0, 0.05) is 43.1 Å². The molecule has 0 unspecified atom stereocenters. The lowest BCUT2D eigenvalue weighted by atomic mass is 10.0. The van der Waals surface area contributed by atoms with Crippen molar-refractivity contribution in [2.75, 3.05) is 26.2 Å². The van der Waals surface area contributed by atoms with E-state index in [0.29, 0.717) is 19.6 Å². The summed E-state index contributed by atoms with van der Waals surface area (Å²) in [5.74, 6) is -1.13. The maximum absolute atomic E-state index is 13.6. The minimum atomic E-state index is -0.966. The molecule has 4 amide bonds. The van der Waals surface area contributed by atoms with Crippen LogP contribution >= 0.6 is 11.8 Å². The highest BCUT2D eigenvalue weighted by molar-refractivity contribution is 8.01. The van der Waals surface area contributed by atoms with Crippen molar-refractivity contribution in [3.8, 4) is 0 Å². The standard InChI is InChI=1S/C37H54N6O6S/c1-7-49-27-19-28(32(46)42-36(2,3)4)43(23-27)22-26(44)21-39-34(48)31-37(5,6)50-35(41-31)30(33(47)38-20-25-16-12-9-13-17-25)40-29(45)18-24-14-10-8-11-15-24/h8-17,26-28,30-31,35,41,44H,7,18-23H2,1-6H3,(H,38,47)(H,39,48)(H,40,45)(H,42,46)/t26-,27+,28+,30-,31+,35-/m1/s1. The van der Waals surface area contributed by atoms with Crippen molar-refractivity contribution in [1.82, 2.24) is 31.5 Å². The summed E-state index contributed by atoms with van der Waals surface area (Å²) in [7, 11) is 0. The number of carbonyl (C=O) groups is 4. The van der Waals surface area contributed by atoms with Crippen molar-refractivity contribution in [2.45, 2.75) is 107 Å². The molecule has 2 aromatic rings. The van der Waals surface area contributed by atoms with E-state index in [9.17, 15) is 24.3 Å². The summed E-state index contributed by atoms with van der Waals surface area (Å²) in [6.07, 6.45) is -0.435. The molecule has 274 valence electrons. The lowest BCUT2D eigenvalue weighted by Gasteiger charge is -2.29. The molecule has 6 N–H and O–H groups in total. The number of hydrogen-bond acceptors (Lipinski definition) is 9. The average Bonchev–Trinajstić information content (AvgIpc) is 3.60. The van der Waals surface area contributed by atoms with Crippen LogP contribution in [0.25, 0.3) is 0 Å². The van der Waals surface area contributed by atoms with Gasteiger partial charge in [-0.15, -0.1) is 11.8 Å². The van der Waals surface area contributed by atoms with Gasteiger partial charge in [0.25, 0.3) is 0 Å². The van der Waals surface area contributed by atoms with Gasteiger partial charge in [0.1, 0.15) is 12.1 Å². The predicted octanol–water partition coefficient (Wildman–Crippen LogP) is 1.71. The first-order chi connectivity index (χ1) is 23.6. The van der Waals surface area contributed by atoms with Gasteiger partial charge in [-0.05, 0) is 59.1 Å². The zero-order chi connectivity index (χ0) is 36.5. The van der Waals surface area contributed by atoms with Gasteiger partial charge in [-0.2, -0.15) is 0 Å². The molecule has 0 aromatic heterocycles. The van der Waals surface area contributed by atoms with Crippen LogP contribution in [0, 0.1) is 0 Å². The summed E-state index contributed by atoms with van der Waals surface area (Å²) in [4.78, 5) is 55.4. The summed E-state index contributed by atoms with van der Waals surface area (Å²) in [6.45, 7) is 13.0. The van der Waals surface area contributed by atoms with E-state index in [1.165, 1.54) is 11.8 Å². The number of amides is 4. The van der Waals surface area contributed by atoms with E-state index in [2.05, 4.69) is 26.6 Å². The van der Waals surface area contributed by atoms with Crippen molar-refractivity contribution >= 4 is 35.4 Å². The predicted molar refractivity (Wildman–Crippen MR) is 195 cm³/mol. The van der Waals surface area contributed by atoms with E-state index >= 15 is 0 Å². The molecule has 50 heavy (non-hydrogen) atoms. The second-order valence-electron chi connectivity index (χ2n) is 14.6. The summed E-state index contributed by atoms with van der Waals surface area (Å²) in [6, 6.07) is 16.7. The third kappa shape index (κ3) is 11.5. The Morgan fingerprint density at radius 3 is 2.26 bits per heavy atom. The van der Waals surface area contributed by atoms with Gasteiger partial charge >= 0.3 is 0 Å². The second-order valence-corrected chi connectivity index (χ2v) is 16.4. The highest BCUT2D eigenvalue weighted by Gasteiger charge is 2.49. The van der Waals surface area contributed by atoms with E-state index in [0.717, 1.165) is 11.1 Å². The molecule has 2 heterocycles. The van der Waals surface area contributed by atoms with Gasteiger partial charge in [0.2, 0.25) is 23.6 Å². The zero-order valence-electron chi connectivity index (χ0n) is 30.0. The largest absolute Gasteiger partial charge is 0.390 e. The van der Waals surface area contributed by atoms with E-state index in [4.69, 9.17) is 4.74 Å². The topological polar surface area (TPSA) is 161 Å². The number of rotatable bonds is 15. The Morgan fingerprint density at radius 1 is 1.00 bits per heavy atom. The van der Waals surface area contributed by atoms with E-state index in [1.807, 2.05) is 107 Å². The Kier molecular flexibility index (Phi) is 13.9. The number of nitrogens with one attached hydrogen (secondary N) is 5. The smallest absolute Gasteiger partial charge is 0.245 e. The number of aliphatic hydroxyl groups excluding tert-OH is 1. The molecule has 2 aliphatic heterocycles. The van der Waals surface area contributed by atoms with Gasteiger partial charge in [0.15, 0.2) is 0 Å². The molecule has 13 heteroatoms. The Balaban J connectivity index is 1.39. The van der Waals surface area contributed by atoms with Gasteiger partial charge < -0.3 is 31.1 Å². The molecule has 2 aromatic carbocycles. The summed E-state index contributed by atoms with van der Waals surface area (Å²) in [5.41, 5.74) is 1.34. The Hall–Kier alpha value is -3.49. The van der Waals surface area contributed by atoms with Crippen molar-refractivity contribution in [3.63, 3.8) is 0 Å². The van der Waals surface area contributed by atoms with Crippen LogP contribution in [0.4, 0.5) is 0 Å². The normalized spacial score (nSPS) is 23.1. The van der Waals surface area contributed by atoms with Crippen molar-refractivity contribution in [1.29, 1.82) is 0 Å². The number of ether oxygens (including phenoxy) is 1. The number of nitrogens with zero attached hydrogens (tertiary/aromatic N) is 1. The Labute approximate surface area is 300 Å². The van der Waals surface area contributed by atoms with Crippen LogP contribution < -0.4 is 26.6 Å². The quantitative estimate of drug-likeness (QED) is 0.162. The molecule has 0 bridgehead atoms. The minimum Gasteiger partial charge on any atom is -0.390 e. The molecule has 2 saturated heterocycles. The first-order valence-electron chi connectivity index (χ1n) is 17.4. The minimum absolute atomic E-state index is 0.0271. The van der Waals surface area contributed by atoms with E-state index < -0.39 is 39.9 Å².